The molecule has 6 aliphatic rings. The number of aromatic nitrogens is 2. The van der Waals surface area contributed by atoms with Crippen LogP contribution in [0.25, 0.3) is 0 Å². The molecule has 2 aliphatic heterocycles. The summed E-state index contributed by atoms with van der Waals surface area (Å²) in [6.07, 6.45) is 2.63. The van der Waals surface area contributed by atoms with Gasteiger partial charge < -0.3 is 20.1 Å². The van der Waals surface area contributed by atoms with Crippen LogP contribution in [0.15, 0.2) is 24.3 Å². The zero-order chi connectivity index (χ0) is 24.7. The predicted octanol–water partition coefficient (Wildman–Crippen LogP) is 5.22. The first kappa shape index (κ1) is 22.3. The molecule has 4 fully saturated rings. The van der Waals surface area contributed by atoms with Crippen molar-refractivity contribution in [1.82, 2.24) is 15.1 Å². The predicted molar refractivity (Wildman–Crippen MR) is 124 cm³/mol. The number of nitrogens with zero attached hydrogens (tertiary/aromatic N) is 2. The number of rotatable bonds is 4. The third kappa shape index (κ3) is 3.71. The molecule has 0 radical (unpaired) electrons. The highest BCUT2D eigenvalue weighted by Gasteiger charge is 2.51. The minimum absolute atomic E-state index is 0.0165. The molecule has 4 aliphatic carbocycles. The SMILES string of the molecule is O=C(NCC12CC3CC(CC(C3)C1)C2)c1cc2n(n1)[C@@H](C(F)(F)F)C[C@H](c1ccc3c(c1)OCO3)N2. The van der Waals surface area contributed by atoms with Gasteiger partial charge in [0.05, 0.1) is 6.04 Å². The quantitative estimate of drug-likeness (QED) is 0.600. The molecule has 7 nitrogen and oxygen atoms in total. The molecule has 1 amide bonds. The van der Waals surface area contributed by atoms with Gasteiger partial charge in [-0.05, 0) is 79.4 Å². The molecular formula is C26H29F3N4O3. The second-order valence-electron chi connectivity index (χ2n) is 11.6. The zero-order valence-electron chi connectivity index (χ0n) is 19.8. The lowest BCUT2D eigenvalue weighted by Gasteiger charge is -2.56. The topological polar surface area (TPSA) is 77.4 Å². The lowest BCUT2D eigenvalue weighted by Crippen LogP contribution is -2.51. The average Bonchev–Trinajstić information content (AvgIpc) is 3.47. The lowest BCUT2D eigenvalue weighted by atomic mass is 9.49. The maximum atomic E-state index is 14.1. The molecule has 0 spiro atoms. The molecule has 4 saturated carbocycles. The first-order valence-electron chi connectivity index (χ1n) is 12.9. The Morgan fingerprint density at radius 3 is 2.44 bits per heavy atom. The standard InChI is InChI=1S/C26H29F3N4O3/c27-26(28,29)22-7-18(17-1-2-20-21(6-17)36-13-35-20)31-23-8-19(32-33(22)23)24(34)30-12-25-9-14-3-15(10-25)5-16(4-14)11-25/h1-2,6,8,14-16,18,22,31H,3-5,7,9-13H2,(H,30,34)/t14?,15?,16?,18-,22-,25?/m1/s1. The molecule has 4 bridgehead atoms. The van der Waals surface area contributed by atoms with Crippen LogP contribution in [-0.4, -0.2) is 35.2 Å². The molecule has 1 aromatic heterocycles. The molecule has 2 N–H and O–H groups in total. The van der Waals surface area contributed by atoms with Crippen molar-refractivity contribution in [2.75, 3.05) is 18.7 Å². The van der Waals surface area contributed by atoms with E-state index in [1.54, 1.807) is 18.2 Å². The van der Waals surface area contributed by atoms with Crippen LogP contribution in [0.4, 0.5) is 19.0 Å². The van der Waals surface area contributed by atoms with Gasteiger partial charge in [-0.3, -0.25) is 4.79 Å². The summed E-state index contributed by atoms with van der Waals surface area (Å²) in [7, 11) is 0. The van der Waals surface area contributed by atoms with Crippen LogP contribution >= 0.6 is 0 Å². The Bertz CT molecular complexity index is 1170. The van der Waals surface area contributed by atoms with Crippen molar-refractivity contribution in [2.24, 2.45) is 23.2 Å². The maximum absolute atomic E-state index is 14.1. The van der Waals surface area contributed by atoms with Gasteiger partial charge in [-0.2, -0.15) is 18.3 Å². The highest BCUT2D eigenvalue weighted by Crippen LogP contribution is 2.59. The number of hydrogen-bond acceptors (Lipinski definition) is 5. The van der Waals surface area contributed by atoms with Crippen LogP contribution in [0, 0.1) is 23.2 Å². The van der Waals surface area contributed by atoms with Crippen molar-refractivity contribution in [3.8, 4) is 11.5 Å². The van der Waals surface area contributed by atoms with Crippen molar-refractivity contribution in [2.45, 2.75) is 63.2 Å². The molecule has 0 saturated heterocycles. The molecule has 1 aromatic carbocycles. The van der Waals surface area contributed by atoms with Crippen molar-refractivity contribution in [1.29, 1.82) is 0 Å². The summed E-state index contributed by atoms with van der Waals surface area (Å²) in [5.74, 6) is 3.15. The van der Waals surface area contributed by atoms with Gasteiger partial charge in [0, 0.05) is 19.0 Å². The van der Waals surface area contributed by atoms with Crippen molar-refractivity contribution in [3.63, 3.8) is 0 Å². The van der Waals surface area contributed by atoms with Gasteiger partial charge in [-0.1, -0.05) is 6.07 Å². The monoisotopic (exact) mass is 502 g/mol. The van der Waals surface area contributed by atoms with Gasteiger partial charge >= 0.3 is 6.18 Å². The fraction of sp³-hybridized carbons (Fsp3) is 0.615. The molecular weight excluding hydrogens is 473 g/mol. The smallest absolute Gasteiger partial charge is 0.410 e. The molecule has 3 heterocycles. The molecule has 0 unspecified atom stereocenters. The van der Waals surface area contributed by atoms with Crippen molar-refractivity contribution < 1.29 is 27.4 Å². The Labute approximate surface area is 206 Å². The summed E-state index contributed by atoms with van der Waals surface area (Å²) in [5, 5.41) is 10.3. The minimum Gasteiger partial charge on any atom is -0.454 e. The Hall–Kier alpha value is -2.91. The third-order valence-corrected chi connectivity index (χ3v) is 9.01. The van der Waals surface area contributed by atoms with Crippen LogP contribution in [-0.2, 0) is 0 Å². The van der Waals surface area contributed by atoms with Gasteiger partial charge in [0.1, 0.15) is 5.82 Å². The van der Waals surface area contributed by atoms with Gasteiger partial charge in [-0.25, -0.2) is 4.68 Å². The number of fused-ring (bicyclic) bond motifs is 2. The zero-order valence-corrected chi connectivity index (χ0v) is 19.8. The van der Waals surface area contributed by atoms with E-state index in [0.29, 0.717) is 23.6 Å². The van der Waals surface area contributed by atoms with E-state index >= 15 is 0 Å². The number of carbonyl (C=O) groups is 1. The van der Waals surface area contributed by atoms with Gasteiger partial charge in [0.2, 0.25) is 6.79 Å². The number of anilines is 1. The lowest BCUT2D eigenvalue weighted by molar-refractivity contribution is -0.173. The summed E-state index contributed by atoms with van der Waals surface area (Å²) >= 11 is 0. The number of hydrogen-bond donors (Lipinski definition) is 2. The fourth-order valence-corrected chi connectivity index (χ4v) is 7.90. The second kappa shape index (κ2) is 7.79. The van der Waals surface area contributed by atoms with Gasteiger partial charge in [0.25, 0.3) is 5.91 Å². The number of amides is 1. The number of carbonyl (C=O) groups excluding carboxylic acids is 1. The van der Waals surface area contributed by atoms with E-state index in [4.69, 9.17) is 9.47 Å². The van der Waals surface area contributed by atoms with E-state index in [0.717, 1.165) is 41.7 Å². The maximum Gasteiger partial charge on any atom is 0.410 e. The molecule has 10 heteroatoms. The second-order valence-corrected chi connectivity index (χ2v) is 11.6. The van der Waals surface area contributed by atoms with E-state index < -0.39 is 24.2 Å². The third-order valence-electron chi connectivity index (χ3n) is 9.01. The molecule has 8 rings (SSSR count). The highest BCUT2D eigenvalue weighted by molar-refractivity contribution is 5.93. The molecule has 192 valence electrons. The number of benzene rings is 1. The largest absolute Gasteiger partial charge is 0.454 e. The number of halogens is 3. The first-order chi connectivity index (χ1) is 17.2. The van der Waals surface area contributed by atoms with Gasteiger partial charge in [0.15, 0.2) is 23.2 Å². The van der Waals surface area contributed by atoms with Gasteiger partial charge in [-0.15, -0.1) is 0 Å². The number of ether oxygens (including phenoxy) is 2. The van der Waals surface area contributed by atoms with Crippen LogP contribution in [0.1, 0.15) is 73.1 Å². The van der Waals surface area contributed by atoms with E-state index in [2.05, 4.69) is 15.7 Å². The van der Waals surface area contributed by atoms with E-state index in [1.165, 1.54) is 25.3 Å². The summed E-state index contributed by atoms with van der Waals surface area (Å²) in [5.41, 5.74) is 0.817. The van der Waals surface area contributed by atoms with E-state index in [-0.39, 0.29) is 30.1 Å². The van der Waals surface area contributed by atoms with Crippen molar-refractivity contribution >= 4 is 11.7 Å². The Balaban J connectivity index is 1.11. The Kier molecular flexibility index (Phi) is 4.83. The average molecular weight is 503 g/mol. The Morgan fingerprint density at radius 2 is 1.75 bits per heavy atom. The molecule has 2 atom stereocenters. The molecule has 36 heavy (non-hydrogen) atoms. The summed E-state index contributed by atoms with van der Waals surface area (Å²) in [6.45, 7) is 0.671. The Morgan fingerprint density at radius 1 is 1.06 bits per heavy atom. The summed E-state index contributed by atoms with van der Waals surface area (Å²) < 4.78 is 53.9. The number of alkyl halides is 3. The minimum atomic E-state index is -4.51. The summed E-state index contributed by atoms with van der Waals surface area (Å²) in [4.78, 5) is 13.1. The normalized spacial score (nSPS) is 33.8. The van der Waals surface area contributed by atoms with Crippen LogP contribution in [0.2, 0.25) is 0 Å². The van der Waals surface area contributed by atoms with E-state index in [1.807, 2.05) is 0 Å². The van der Waals surface area contributed by atoms with Crippen LogP contribution in [0.3, 0.4) is 0 Å². The van der Waals surface area contributed by atoms with Crippen LogP contribution in [0.5, 0.6) is 11.5 Å². The summed E-state index contributed by atoms with van der Waals surface area (Å²) in [6, 6.07) is 4.14. The fourth-order valence-electron chi connectivity index (χ4n) is 7.90. The molecule has 2 aromatic rings. The number of nitrogens with one attached hydrogen (secondary N) is 2. The van der Waals surface area contributed by atoms with Crippen LogP contribution < -0.4 is 20.1 Å². The van der Waals surface area contributed by atoms with E-state index in [9.17, 15) is 18.0 Å². The van der Waals surface area contributed by atoms with Crippen molar-refractivity contribution in [3.05, 3.63) is 35.5 Å². The first-order valence-corrected chi connectivity index (χ1v) is 12.9. The highest BCUT2D eigenvalue weighted by atomic mass is 19.4.